The second-order valence-electron chi connectivity index (χ2n) is 2.53. The minimum absolute atomic E-state index is 0.234. The Bertz CT molecular complexity index is 108. The predicted octanol–water partition coefficient (Wildman–Crippen LogP) is 0.889. The van der Waals surface area contributed by atoms with Crippen LogP contribution in [0.25, 0.3) is 0 Å². The first kappa shape index (κ1) is 9.66. The highest BCUT2D eigenvalue weighted by molar-refractivity contribution is 5.04. The minimum atomic E-state index is 0.234. The Morgan fingerprint density at radius 3 is 2.70 bits per heavy atom. The van der Waals surface area contributed by atoms with E-state index in [2.05, 4.69) is 18.3 Å². The van der Waals surface area contributed by atoms with E-state index in [0.29, 0.717) is 0 Å². The number of rotatable bonds is 4. The Kier molecular flexibility index (Phi) is 5.26. The molecule has 0 aliphatic rings. The highest BCUT2D eigenvalue weighted by Crippen LogP contribution is 2.00. The lowest BCUT2D eigenvalue weighted by atomic mass is 10.1. The highest BCUT2D eigenvalue weighted by atomic mass is 14.8. The topological polar surface area (TPSA) is 38.0 Å². The van der Waals surface area contributed by atoms with Crippen molar-refractivity contribution in [2.24, 2.45) is 5.73 Å². The fourth-order valence-electron chi connectivity index (χ4n) is 0.742. The molecule has 0 rings (SSSR count). The zero-order valence-electron chi connectivity index (χ0n) is 7.15. The summed E-state index contributed by atoms with van der Waals surface area (Å²) >= 11 is 0. The Morgan fingerprint density at radius 1 is 1.70 bits per heavy atom. The lowest BCUT2D eigenvalue weighted by molar-refractivity contribution is 0.644. The molecule has 0 heterocycles. The van der Waals surface area contributed by atoms with Gasteiger partial charge in [0.25, 0.3) is 0 Å². The van der Waals surface area contributed by atoms with E-state index in [-0.39, 0.29) is 6.04 Å². The summed E-state index contributed by atoms with van der Waals surface area (Å²) in [6.45, 7) is 5.08. The molecule has 0 amide bonds. The van der Waals surface area contributed by atoms with Crippen molar-refractivity contribution in [1.82, 2.24) is 5.32 Å². The third-order valence-corrected chi connectivity index (χ3v) is 1.75. The van der Waals surface area contributed by atoms with Crippen LogP contribution in [0.1, 0.15) is 20.3 Å². The van der Waals surface area contributed by atoms with E-state index in [1.165, 1.54) is 5.57 Å². The van der Waals surface area contributed by atoms with Gasteiger partial charge in [0.15, 0.2) is 0 Å². The van der Waals surface area contributed by atoms with Gasteiger partial charge in [-0.05, 0) is 33.9 Å². The molecule has 2 heteroatoms. The van der Waals surface area contributed by atoms with Crippen LogP contribution in [0.3, 0.4) is 0 Å². The molecule has 0 aromatic carbocycles. The number of hydrogen-bond donors (Lipinski definition) is 2. The van der Waals surface area contributed by atoms with E-state index >= 15 is 0 Å². The number of nitrogens with one attached hydrogen (secondary N) is 1. The van der Waals surface area contributed by atoms with Crippen molar-refractivity contribution in [1.29, 1.82) is 0 Å². The Balaban J connectivity index is 3.51. The van der Waals surface area contributed by atoms with E-state index in [0.717, 1.165) is 13.0 Å². The maximum atomic E-state index is 5.81. The first-order valence-corrected chi connectivity index (χ1v) is 3.75. The van der Waals surface area contributed by atoms with Gasteiger partial charge in [-0.25, -0.2) is 0 Å². The molecular formula is C8H18N2. The largest absolute Gasteiger partial charge is 0.324 e. The fraction of sp³-hybridized carbons (Fsp3) is 0.750. The molecule has 0 aliphatic heterocycles. The molecule has 0 saturated carbocycles. The lowest BCUT2D eigenvalue weighted by Crippen LogP contribution is -2.25. The molecule has 0 spiro atoms. The summed E-state index contributed by atoms with van der Waals surface area (Å²) in [6, 6.07) is 0.234. The van der Waals surface area contributed by atoms with Gasteiger partial charge < -0.3 is 11.1 Å². The average Bonchev–Trinajstić information content (AvgIpc) is 1.98. The van der Waals surface area contributed by atoms with Crippen LogP contribution in [0.5, 0.6) is 0 Å². The SMILES string of the molecule is C/C=C(/C)C(N)CCNC. The van der Waals surface area contributed by atoms with Gasteiger partial charge in [-0.15, -0.1) is 0 Å². The third-order valence-electron chi connectivity index (χ3n) is 1.75. The van der Waals surface area contributed by atoms with Gasteiger partial charge in [0.2, 0.25) is 0 Å². The molecule has 0 aromatic rings. The van der Waals surface area contributed by atoms with Crippen molar-refractivity contribution in [2.75, 3.05) is 13.6 Å². The van der Waals surface area contributed by atoms with Crippen LogP contribution < -0.4 is 11.1 Å². The summed E-state index contributed by atoms with van der Waals surface area (Å²) in [4.78, 5) is 0. The van der Waals surface area contributed by atoms with Crippen molar-refractivity contribution < 1.29 is 0 Å². The zero-order chi connectivity index (χ0) is 7.98. The summed E-state index contributed by atoms with van der Waals surface area (Å²) in [5.41, 5.74) is 7.08. The first-order valence-electron chi connectivity index (χ1n) is 3.75. The van der Waals surface area contributed by atoms with Gasteiger partial charge in [-0.2, -0.15) is 0 Å². The average molecular weight is 142 g/mol. The molecule has 1 unspecified atom stereocenters. The second kappa shape index (κ2) is 5.45. The van der Waals surface area contributed by atoms with Gasteiger partial charge in [0.1, 0.15) is 0 Å². The molecule has 60 valence electrons. The molecule has 0 fully saturated rings. The standard InChI is InChI=1S/C8H18N2/c1-4-7(2)8(9)5-6-10-3/h4,8,10H,5-6,9H2,1-3H3/b7-4-. The summed E-state index contributed by atoms with van der Waals surface area (Å²) in [6.07, 6.45) is 3.09. The van der Waals surface area contributed by atoms with Crippen LogP contribution in [0.15, 0.2) is 11.6 Å². The zero-order valence-corrected chi connectivity index (χ0v) is 7.15. The van der Waals surface area contributed by atoms with Gasteiger partial charge in [0, 0.05) is 6.04 Å². The van der Waals surface area contributed by atoms with Gasteiger partial charge >= 0.3 is 0 Å². The molecular weight excluding hydrogens is 124 g/mol. The van der Waals surface area contributed by atoms with Crippen LogP contribution in [-0.2, 0) is 0 Å². The Hall–Kier alpha value is -0.340. The number of allylic oxidation sites excluding steroid dienone is 1. The quantitative estimate of drug-likeness (QED) is 0.572. The maximum Gasteiger partial charge on any atom is 0.0262 e. The molecule has 0 aliphatic carbocycles. The van der Waals surface area contributed by atoms with E-state index in [4.69, 9.17) is 5.73 Å². The summed E-state index contributed by atoms with van der Waals surface area (Å²) < 4.78 is 0. The van der Waals surface area contributed by atoms with Crippen molar-refractivity contribution in [3.8, 4) is 0 Å². The van der Waals surface area contributed by atoms with E-state index in [1.807, 2.05) is 14.0 Å². The Labute approximate surface area is 63.5 Å². The molecule has 0 saturated heterocycles. The fourth-order valence-corrected chi connectivity index (χ4v) is 0.742. The van der Waals surface area contributed by atoms with Crippen LogP contribution in [0.2, 0.25) is 0 Å². The van der Waals surface area contributed by atoms with Crippen molar-refractivity contribution in [2.45, 2.75) is 26.3 Å². The maximum absolute atomic E-state index is 5.81. The summed E-state index contributed by atoms with van der Waals surface area (Å²) in [7, 11) is 1.94. The van der Waals surface area contributed by atoms with Crippen molar-refractivity contribution in [3.63, 3.8) is 0 Å². The van der Waals surface area contributed by atoms with Gasteiger partial charge in [-0.1, -0.05) is 11.6 Å². The van der Waals surface area contributed by atoms with E-state index in [1.54, 1.807) is 0 Å². The monoisotopic (exact) mass is 142 g/mol. The minimum Gasteiger partial charge on any atom is -0.324 e. The van der Waals surface area contributed by atoms with Crippen LogP contribution in [0.4, 0.5) is 0 Å². The molecule has 3 N–H and O–H groups in total. The molecule has 10 heavy (non-hydrogen) atoms. The lowest BCUT2D eigenvalue weighted by Gasteiger charge is -2.10. The molecule has 2 nitrogen and oxygen atoms in total. The number of nitrogens with two attached hydrogens (primary N) is 1. The van der Waals surface area contributed by atoms with Crippen LogP contribution in [0, 0.1) is 0 Å². The van der Waals surface area contributed by atoms with Gasteiger partial charge in [-0.3, -0.25) is 0 Å². The van der Waals surface area contributed by atoms with Gasteiger partial charge in [0.05, 0.1) is 0 Å². The first-order chi connectivity index (χ1) is 4.72. The molecule has 0 aromatic heterocycles. The van der Waals surface area contributed by atoms with E-state index < -0.39 is 0 Å². The molecule has 0 radical (unpaired) electrons. The summed E-state index contributed by atoms with van der Waals surface area (Å²) in [5, 5.41) is 3.07. The Morgan fingerprint density at radius 2 is 2.30 bits per heavy atom. The van der Waals surface area contributed by atoms with Crippen LogP contribution >= 0.6 is 0 Å². The van der Waals surface area contributed by atoms with E-state index in [9.17, 15) is 0 Å². The number of hydrogen-bond acceptors (Lipinski definition) is 2. The normalized spacial score (nSPS) is 15.4. The summed E-state index contributed by atoms with van der Waals surface area (Å²) in [5.74, 6) is 0. The third kappa shape index (κ3) is 3.64. The van der Waals surface area contributed by atoms with Crippen LogP contribution in [-0.4, -0.2) is 19.6 Å². The predicted molar refractivity (Wildman–Crippen MR) is 46.0 cm³/mol. The molecule has 0 bridgehead atoms. The smallest absolute Gasteiger partial charge is 0.0262 e. The molecule has 1 atom stereocenters. The highest BCUT2D eigenvalue weighted by Gasteiger charge is 2.00. The van der Waals surface area contributed by atoms with Crippen molar-refractivity contribution in [3.05, 3.63) is 11.6 Å². The van der Waals surface area contributed by atoms with Crippen molar-refractivity contribution >= 4 is 0 Å². The second-order valence-corrected chi connectivity index (χ2v) is 2.53.